The topological polar surface area (TPSA) is 81.7 Å². The van der Waals surface area contributed by atoms with E-state index in [-0.39, 0.29) is 12.5 Å². The minimum atomic E-state index is -1.19. The molecule has 6 nitrogen and oxygen atoms in total. The van der Waals surface area contributed by atoms with Crippen molar-refractivity contribution in [2.75, 3.05) is 33.7 Å². The Bertz CT molecular complexity index is 194. The third-order valence-electron chi connectivity index (χ3n) is 1.50. The summed E-state index contributed by atoms with van der Waals surface area (Å²) in [4.78, 5) is 23.0. The Hall–Kier alpha value is -1.30. The van der Waals surface area contributed by atoms with Crippen molar-refractivity contribution in [1.29, 1.82) is 0 Å². The highest BCUT2D eigenvalue weighted by atomic mass is 16.4. The van der Waals surface area contributed by atoms with E-state index in [0.29, 0.717) is 6.54 Å². The zero-order valence-corrected chi connectivity index (χ0v) is 8.54. The van der Waals surface area contributed by atoms with Gasteiger partial charge in [0.1, 0.15) is 0 Å². The van der Waals surface area contributed by atoms with E-state index in [4.69, 9.17) is 5.11 Å². The molecule has 0 bridgehead atoms. The molecule has 14 heavy (non-hydrogen) atoms. The van der Waals surface area contributed by atoms with E-state index in [9.17, 15) is 9.59 Å². The summed E-state index contributed by atoms with van der Waals surface area (Å²) in [5.74, 6) is -0.300. The number of nitrogens with one attached hydrogen (secondary N) is 2. The number of hydrogen-bond donors (Lipinski definition) is 3. The third-order valence-corrected chi connectivity index (χ3v) is 1.50. The van der Waals surface area contributed by atoms with E-state index >= 15 is 0 Å². The van der Waals surface area contributed by atoms with Crippen LogP contribution in [0.3, 0.4) is 0 Å². The number of nitrogens with zero attached hydrogens (tertiary/aromatic N) is 1. The van der Waals surface area contributed by atoms with Gasteiger partial charge in [0, 0.05) is 6.54 Å². The largest absolute Gasteiger partial charge is 0.465 e. The zero-order chi connectivity index (χ0) is 11.0. The van der Waals surface area contributed by atoms with Gasteiger partial charge in [-0.2, -0.15) is 0 Å². The van der Waals surface area contributed by atoms with Crippen LogP contribution in [0.15, 0.2) is 0 Å². The Morgan fingerprint density at radius 3 is 2.43 bits per heavy atom. The summed E-state index contributed by atoms with van der Waals surface area (Å²) in [5.41, 5.74) is 0. The Kier molecular flexibility index (Phi) is 6.47. The highest BCUT2D eigenvalue weighted by Gasteiger charge is 2.01. The standard InChI is InChI=1S/C8H17N3O3/c1-11(2)5-3-4-9-7(12)6-10-8(13)14/h10H,3-6H2,1-2H3,(H,9,12)(H,13,14). The summed E-state index contributed by atoms with van der Waals surface area (Å²) >= 11 is 0. The van der Waals surface area contributed by atoms with Crippen molar-refractivity contribution in [3.05, 3.63) is 0 Å². The van der Waals surface area contributed by atoms with Crippen molar-refractivity contribution < 1.29 is 14.7 Å². The molecule has 0 heterocycles. The molecule has 82 valence electrons. The second kappa shape index (κ2) is 7.14. The van der Waals surface area contributed by atoms with Crippen LogP contribution in [0.4, 0.5) is 4.79 Å². The Morgan fingerprint density at radius 1 is 1.29 bits per heavy atom. The molecule has 0 aromatic carbocycles. The number of rotatable bonds is 6. The van der Waals surface area contributed by atoms with Gasteiger partial charge >= 0.3 is 6.09 Å². The lowest BCUT2D eigenvalue weighted by Gasteiger charge is -2.09. The number of carbonyl (C=O) groups excluding carboxylic acids is 1. The Labute approximate surface area is 83.3 Å². The van der Waals surface area contributed by atoms with E-state index in [2.05, 4.69) is 5.32 Å². The van der Waals surface area contributed by atoms with Crippen LogP contribution in [-0.2, 0) is 4.79 Å². The van der Waals surface area contributed by atoms with E-state index in [1.807, 2.05) is 24.3 Å². The van der Waals surface area contributed by atoms with Crippen molar-refractivity contribution in [3.8, 4) is 0 Å². The highest BCUT2D eigenvalue weighted by Crippen LogP contribution is 1.80. The molecule has 0 saturated heterocycles. The van der Waals surface area contributed by atoms with Gasteiger partial charge in [-0.25, -0.2) is 4.79 Å². The van der Waals surface area contributed by atoms with Gasteiger partial charge in [0.2, 0.25) is 5.91 Å². The quantitative estimate of drug-likeness (QED) is 0.500. The fourth-order valence-corrected chi connectivity index (χ4v) is 0.841. The fourth-order valence-electron chi connectivity index (χ4n) is 0.841. The summed E-state index contributed by atoms with van der Waals surface area (Å²) in [7, 11) is 3.90. The second-order valence-corrected chi connectivity index (χ2v) is 3.17. The molecular weight excluding hydrogens is 186 g/mol. The van der Waals surface area contributed by atoms with Crippen LogP contribution >= 0.6 is 0 Å². The van der Waals surface area contributed by atoms with Crippen LogP contribution in [0, 0.1) is 0 Å². The maximum Gasteiger partial charge on any atom is 0.405 e. The number of hydrogen-bond acceptors (Lipinski definition) is 3. The van der Waals surface area contributed by atoms with Crippen molar-refractivity contribution in [3.63, 3.8) is 0 Å². The van der Waals surface area contributed by atoms with Crippen LogP contribution < -0.4 is 10.6 Å². The molecule has 0 unspecified atom stereocenters. The zero-order valence-electron chi connectivity index (χ0n) is 8.54. The normalized spacial score (nSPS) is 9.93. The van der Waals surface area contributed by atoms with Crippen LogP contribution in [-0.4, -0.2) is 55.7 Å². The summed E-state index contributed by atoms with van der Waals surface area (Å²) < 4.78 is 0. The molecule has 0 rings (SSSR count). The molecule has 0 spiro atoms. The summed E-state index contributed by atoms with van der Waals surface area (Å²) in [6.45, 7) is 1.28. The minimum absolute atomic E-state index is 0.183. The average Bonchev–Trinajstić information content (AvgIpc) is 2.08. The summed E-state index contributed by atoms with van der Waals surface area (Å²) in [6, 6.07) is 0. The van der Waals surface area contributed by atoms with E-state index in [1.54, 1.807) is 0 Å². The molecule has 0 aliphatic heterocycles. The van der Waals surface area contributed by atoms with E-state index < -0.39 is 6.09 Å². The van der Waals surface area contributed by atoms with Crippen LogP contribution in [0.5, 0.6) is 0 Å². The van der Waals surface area contributed by atoms with E-state index in [0.717, 1.165) is 13.0 Å². The first kappa shape index (κ1) is 12.7. The number of carbonyl (C=O) groups is 2. The Balaban J connectivity index is 3.31. The monoisotopic (exact) mass is 203 g/mol. The lowest BCUT2D eigenvalue weighted by atomic mass is 10.4. The molecule has 2 amide bonds. The minimum Gasteiger partial charge on any atom is -0.465 e. The highest BCUT2D eigenvalue weighted by molar-refractivity contribution is 5.81. The van der Waals surface area contributed by atoms with Crippen molar-refractivity contribution >= 4 is 12.0 Å². The molecule has 3 N–H and O–H groups in total. The first-order chi connectivity index (χ1) is 6.52. The van der Waals surface area contributed by atoms with Crippen molar-refractivity contribution in [2.24, 2.45) is 0 Å². The predicted octanol–water partition coefficient (Wildman–Crippen LogP) is -0.678. The molecule has 0 radical (unpaired) electrons. The smallest absolute Gasteiger partial charge is 0.405 e. The van der Waals surface area contributed by atoms with Gasteiger partial charge < -0.3 is 20.6 Å². The molecule has 6 heteroatoms. The number of carboxylic acid groups (broad SMARTS) is 1. The first-order valence-corrected chi connectivity index (χ1v) is 4.40. The SMILES string of the molecule is CN(C)CCCNC(=O)CNC(=O)O. The summed E-state index contributed by atoms with van der Waals surface area (Å²) in [5, 5.41) is 12.8. The molecule has 0 saturated carbocycles. The van der Waals surface area contributed by atoms with Gasteiger partial charge in [0.05, 0.1) is 6.54 Å². The van der Waals surface area contributed by atoms with Gasteiger partial charge in [0.25, 0.3) is 0 Å². The fraction of sp³-hybridized carbons (Fsp3) is 0.750. The van der Waals surface area contributed by atoms with Crippen molar-refractivity contribution in [1.82, 2.24) is 15.5 Å². The molecule has 0 aromatic rings. The van der Waals surface area contributed by atoms with Gasteiger partial charge in [-0.15, -0.1) is 0 Å². The first-order valence-electron chi connectivity index (χ1n) is 4.40. The van der Waals surface area contributed by atoms with Gasteiger partial charge in [-0.1, -0.05) is 0 Å². The molecule has 0 fully saturated rings. The second-order valence-electron chi connectivity index (χ2n) is 3.17. The molecule has 0 aromatic heterocycles. The van der Waals surface area contributed by atoms with Crippen molar-refractivity contribution in [2.45, 2.75) is 6.42 Å². The summed E-state index contributed by atoms with van der Waals surface area (Å²) in [6.07, 6.45) is -0.334. The predicted molar refractivity (Wildman–Crippen MR) is 52.2 cm³/mol. The lowest BCUT2D eigenvalue weighted by Crippen LogP contribution is -2.37. The lowest BCUT2D eigenvalue weighted by molar-refractivity contribution is -0.120. The molecule has 0 aliphatic rings. The van der Waals surface area contributed by atoms with Gasteiger partial charge in [-0.05, 0) is 27.1 Å². The number of amides is 2. The third kappa shape index (κ3) is 8.79. The van der Waals surface area contributed by atoms with Gasteiger partial charge in [-0.3, -0.25) is 4.79 Å². The van der Waals surface area contributed by atoms with Gasteiger partial charge in [0.15, 0.2) is 0 Å². The van der Waals surface area contributed by atoms with Crippen LogP contribution in [0.2, 0.25) is 0 Å². The Morgan fingerprint density at radius 2 is 1.93 bits per heavy atom. The van der Waals surface area contributed by atoms with Crippen LogP contribution in [0.25, 0.3) is 0 Å². The average molecular weight is 203 g/mol. The molecule has 0 atom stereocenters. The van der Waals surface area contributed by atoms with Crippen LogP contribution in [0.1, 0.15) is 6.42 Å². The molecular formula is C8H17N3O3. The maximum atomic E-state index is 10.9. The van der Waals surface area contributed by atoms with E-state index in [1.165, 1.54) is 0 Å². The maximum absolute atomic E-state index is 10.9. The molecule has 0 aliphatic carbocycles.